The molecule has 1 unspecified atom stereocenters. The summed E-state index contributed by atoms with van der Waals surface area (Å²) in [7, 11) is 3.32. The Morgan fingerprint density at radius 2 is 2.04 bits per heavy atom. The number of ether oxygens (including phenoxy) is 2. The van der Waals surface area contributed by atoms with Crippen LogP contribution in [-0.2, 0) is 0 Å². The molecule has 2 aliphatic rings. The van der Waals surface area contributed by atoms with Crippen LogP contribution in [0.4, 0.5) is 0 Å². The second-order valence-corrected chi connectivity index (χ2v) is 7.85. The fourth-order valence-electron chi connectivity index (χ4n) is 4.02. The van der Waals surface area contributed by atoms with Crippen molar-refractivity contribution < 1.29 is 14.3 Å². The summed E-state index contributed by atoms with van der Waals surface area (Å²) in [5.41, 5.74) is 2.78. The van der Waals surface area contributed by atoms with Gasteiger partial charge < -0.3 is 9.47 Å². The van der Waals surface area contributed by atoms with Gasteiger partial charge in [0, 0.05) is 31.1 Å². The molecule has 2 heterocycles. The van der Waals surface area contributed by atoms with E-state index in [1.165, 1.54) is 12.8 Å². The third-order valence-corrected chi connectivity index (χ3v) is 5.90. The average molecular weight is 381 g/mol. The van der Waals surface area contributed by atoms with Crippen LogP contribution < -0.4 is 9.47 Å². The number of likely N-dealkylation sites (tertiary alicyclic amines) is 1. The van der Waals surface area contributed by atoms with Gasteiger partial charge in [0.25, 0.3) is 0 Å². The maximum atomic E-state index is 12.6. The number of carbonyl (C=O) groups is 1. The third-order valence-electron chi connectivity index (χ3n) is 5.90. The number of methoxy groups -OCH3 is 2. The van der Waals surface area contributed by atoms with Crippen LogP contribution in [0, 0.1) is 5.92 Å². The molecular formula is C22H27N3O3. The van der Waals surface area contributed by atoms with Crippen molar-refractivity contribution in [1.82, 2.24) is 15.1 Å². The van der Waals surface area contributed by atoms with Gasteiger partial charge in [-0.3, -0.25) is 9.69 Å². The second-order valence-electron chi connectivity index (χ2n) is 7.85. The number of hydrogen-bond donors (Lipinski definition) is 0. The largest absolute Gasteiger partial charge is 0.493 e. The van der Waals surface area contributed by atoms with Crippen molar-refractivity contribution in [3.63, 3.8) is 0 Å². The van der Waals surface area contributed by atoms with Gasteiger partial charge in [-0.05, 0) is 49.3 Å². The fourth-order valence-corrected chi connectivity index (χ4v) is 4.02. The van der Waals surface area contributed by atoms with E-state index >= 15 is 0 Å². The first-order valence-electron chi connectivity index (χ1n) is 9.91. The Morgan fingerprint density at radius 3 is 2.71 bits per heavy atom. The van der Waals surface area contributed by atoms with E-state index in [-0.39, 0.29) is 11.8 Å². The first kappa shape index (κ1) is 18.9. The van der Waals surface area contributed by atoms with Gasteiger partial charge in [0.2, 0.25) is 0 Å². The molecule has 0 bridgehead atoms. The van der Waals surface area contributed by atoms with Crippen molar-refractivity contribution in [2.45, 2.75) is 38.1 Å². The van der Waals surface area contributed by atoms with Crippen LogP contribution in [0.1, 0.15) is 59.8 Å². The van der Waals surface area contributed by atoms with Crippen molar-refractivity contribution in [2.75, 3.05) is 27.3 Å². The summed E-state index contributed by atoms with van der Waals surface area (Å²) in [5, 5.41) is 8.09. The van der Waals surface area contributed by atoms with Gasteiger partial charge in [-0.1, -0.05) is 12.1 Å². The molecule has 1 atom stereocenters. The van der Waals surface area contributed by atoms with Crippen LogP contribution in [0.25, 0.3) is 0 Å². The van der Waals surface area contributed by atoms with E-state index in [1.807, 2.05) is 18.2 Å². The molecule has 148 valence electrons. The highest BCUT2D eigenvalue weighted by atomic mass is 16.5. The van der Waals surface area contributed by atoms with Crippen LogP contribution in [0.3, 0.4) is 0 Å². The topological polar surface area (TPSA) is 64.5 Å². The van der Waals surface area contributed by atoms with Crippen molar-refractivity contribution >= 4 is 5.78 Å². The number of benzene rings is 1. The summed E-state index contributed by atoms with van der Waals surface area (Å²) in [6, 6.07) is 8.11. The quantitative estimate of drug-likeness (QED) is 0.651. The Balaban J connectivity index is 1.36. The number of ketones is 1. The van der Waals surface area contributed by atoms with Gasteiger partial charge in [-0.25, -0.2) is 0 Å². The van der Waals surface area contributed by atoms with Crippen molar-refractivity contribution in [1.29, 1.82) is 0 Å². The first-order valence-corrected chi connectivity index (χ1v) is 9.91. The Morgan fingerprint density at radius 1 is 1.25 bits per heavy atom. The van der Waals surface area contributed by atoms with Crippen molar-refractivity contribution in [3.05, 3.63) is 47.3 Å². The molecule has 6 nitrogen and oxygen atoms in total. The van der Waals surface area contributed by atoms with Gasteiger partial charge in [-0.15, -0.1) is 5.10 Å². The minimum atomic E-state index is 0.103. The normalized spacial score (nSPS) is 18.4. The van der Waals surface area contributed by atoms with Crippen molar-refractivity contribution in [3.8, 4) is 11.5 Å². The highest BCUT2D eigenvalue weighted by Gasteiger charge is 2.34. The standard InChI is InChI=1S/C22H27N3O3/c1-14(18-5-4-6-21(27-2)22(18)28-3)25-12-15(13-25)9-20(26)19-10-17(11-23-24-19)16-7-8-16/h4-6,10-11,14-16H,7-9,12-13H2,1-3H3. The van der Waals surface area contributed by atoms with E-state index in [0.29, 0.717) is 24.0 Å². The van der Waals surface area contributed by atoms with E-state index in [2.05, 4.69) is 28.1 Å². The lowest BCUT2D eigenvalue weighted by molar-refractivity contribution is 0.0493. The van der Waals surface area contributed by atoms with Crippen LogP contribution in [-0.4, -0.2) is 48.2 Å². The van der Waals surface area contributed by atoms with Crippen molar-refractivity contribution in [2.24, 2.45) is 5.92 Å². The highest BCUT2D eigenvalue weighted by molar-refractivity contribution is 5.94. The predicted octanol–water partition coefficient (Wildman–Crippen LogP) is 3.64. The number of para-hydroxylation sites is 1. The molecule has 1 aliphatic heterocycles. The molecule has 2 aromatic rings. The SMILES string of the molecule is COc1cccc(C(C)N2CC(CC(=O)c3cc(C4CC4)cnn3)C2)c1OC. The maximum Gasteiger partial charge on any atom is 0.183 e. The van der Waals surface area contributed by atoms with Gasteiger partial charge in [0.05, 0.1) is 20.4 Å². The zero-order valence-corrected chi connectivity index (χ0v) is 16.7. The molecule has 0 amide bonds. The van der Waals surface area contributed by atoms with Gasteiger partial charge in [0.1, 0.15) is 5.69 Å². The Hall–Kier alpha value is -2.47. The zero-order valence-electron chi connectivity index (χ0n) is 16.7. The molecule has 0 N–H and O–H groups in total. The molecule has 1 aromatic heterocycles. The summed E-state index contributed by atoms with van der Waals surface area (Å²) in [6.45, 7) is 3.95. The summed E-state index contributed by atoms with van der Waals surface area (Å²) in [5.74, 6) is 2.57. The monoisotopic (exact) mass is 381 g/mol. The molecule has 1 saturated heterocycles. The van der Waals surface area contributed by atoms with E-state index in [0.717, 1.165) is 35.7 Å². The molecule has 0 spiro atoms. The van der Waals surface area contributed by atoms with Gasteiger partial charge >= 0.3 is 0 Å². The van der Waals surface area contributed by atoms with Gasteiger partial charge in [0.15, 0.2) is 17.3 Å². The Kier molecular flexibility index (Phi) is 5.31. The molecule has 0 radical (unpaired) electrons. The lowest BCUT2D eigenvalue weighted by Crippen LogP contribution is -2.48. The number of aromatic nitrogens is 2. The maximum absolute atomic E-state index is 12.6. The van der Waals surface area contributed by atoms with E-state index in [4.69, 9.17) is 9.47 Å². The van der Waals surface area contributed by atoms with E-state index in [1.54, 1.807) is 20.4 Å². The van der Waals surface area contributed by atoms with Crippen LogP contribution in [0.15, 0.2) is 30.5 Å². The lowest BCUT2D eigenvalue weighted by atomic mass is 9.90. The second kappa shape index (κ2) is 7.87. The van der Waals surface area contributed by atoms with Crippen LogP contribution >= 0.6 is 0 Å². The summed E-state index contributed by atoms with van der Waals surface area (Å²) < 4.78 is 11.0. The summed E-state index contributed by atoms with van der Waals surface area (Å²) >= 11 is 0. The number of rotatable bonds is 8. The molecule has 1 saturated carbocycles. The average Bonchev–Trinajstić information content (AvgIpc) is 3.54. The molecule has 28 heavy (non-hydrogen) atoms. The van der Waals surface area contributed by atoms with E-state index < -0.39 is 0 Å². The number of carbonyl (C=O) groups excluding carboxylic acids is 1. The fraction of sp³-hybridized carbons (Fsp3) is 0.500. The minimum absolute atomic E-state index is 0.103. The number of nitrogens with zero attached hydrogens (tertiary/aromatic N) is 3. The van der Waals surface area contributed by atoms with Crippen LogP contribution in [0.2, 0.25) is 0 Å². The molecule has 6 heteroatoms. The minimum Gasteiger partial charge on any atom is -0.493 e. The summed E-state index contributed by atoms with van der Waals surface area (Å²) in [4.78, 5) is 15.0. The van der Waals surface area contributed by atoms with E-state index in [9.17, 15) is 4.79 Å². The molecule has 4 rings (SSSR count). The highest BCUT2D eigenvalue weighted by Crippen LogP contribution is 2.40. The molecule has 1 aromatic carbocycles. The summed E-state index contributed by atoms with van der Waals surface area (Å²) in [6.07, 6.45) is 4.72. The Labute approximate surface area is 165 Å². The molecule has 1 aliphatic carbocycles. The zero-order chi connectivity index (χ0) is 19.7. The number of Topliss-reactive ketones (excluding diaryl/α,β-unsaturated/α-hetero) is 1. The molecule has 2 fully saturated rings. The predicted molar refractivity (Wildman–Crippen MR) is 106 cm³/mol. The van der Waals surface area contributed by atoms with Gasteiger partial charge in [-0.2, -0.15) is 5.10 Å². The smallest absolute Gasteiger partial charge is 0.183 e. The van der Waals surface area contributed by atoms with Crippen LogP contribution in [0.5, 0.6) is 11.5 Å². The Bertz CT molecular complexity index is 860. The molecular weight excluding hydrogens is 354 g/mol. The first-order chi connectivity index (χ1) is 13.6. The third kappa shape index (κ3) is 3.74. The number of hydrogen-bond acceptors (Lipinski definition) is 6. The lowest BCUT2D eigenvalue weighted by Gasteiger charge is -2.43.